The fourth-order valence-corrected chi connectivity index (χ4v) is 4.19. The lowest BCUT2D eigenvalue weighted by atomic mass is 10.1. The number of anilines is 1. The van der Waals surface area contributed by atoms with Crippen LogP contribution >= 0.6 is 0 Å². The van der Waals surface area contributed by atoms with E-state index >= 15 is 0 Å². The van der Waals surface area contributed by atoms with E-state index in [-0.39, 0.29) is 11.8 Å². The summed E-state index contributed by atoms with van der Waals surface area (Å²) < 4.78 is 52.4. The summed E-state index contributed by atoms with van der Waals surface area (Å²) in [7, 11) is 0. The molecule has 0 aliphatic carbocycles. The summed E-state index contributed by atoms with van der Waals surface area (Å²) in [6, 6.07) is 5.94. The minimum atomic E-state index is -4.62. The van der Waals surface area contributed by atoms with Crippen molar-refractivity contribution in [1.29, 1.82) is 0 Å². The van der Waals surface area contributed by atoms with Crippen LogP contribution in [0.1, 0.15) is 35.4 Å². The Morgan fingerprint density at radius 2 is 1.87 bits per heavy atom. The maximum atomic E-state index is 13.3. The zero-order valence-electron chi connectivity index (χ0n) is 17.2. The molecular formula is C21H22F3N5O2. The van der Waals surface area contributed by atoms with Crippen LogP contribution in [0.2, 0.25) is 0 Å². The normalized spacial score (nSPS) is 17.1. The van der Waals surface area contributed by atoms with Crippen LogP contribution in [0.4, 0.5) is 19.0 Å². The summed E-state index contributed by atoms with van der Waals surface area (Å²) in [5, 5.41) is 11.3. The van der Waals surface area contributed by atoms with Gasteiger partial charge >= 0.3 is 6.18 Å². The second-order valence-electron chi connectivity index (χ2n) is 8.00. The van der Waals surface area contributed by atoms with E-state index in [0.29, 0.717) is 31.1 Å². The minimum absolute atomic E-state index is 0.0292. The molecule has 0 N–H and O–H groups in total. The van der Waals surface area contributed by atoms with Gasteiger partial charge in [-0.05, 0) is 25.5 Å². The zero-order chi connectivity index (χ0) is 21.8. The molecule has 4 heterocycles. The summed E-state index contributed by atoms with van der Waals surface area (Å²) in [6.07, 6.45) is -2.19. The Kier molecular flexibility index (Phi) is 4.67. The molecule has 0 amide bonds. The van der Waals surface area contributed by atoms with Crippen LogP contribution in [0.5, 0.6) is 11.5 Å². The number of aryl methyl sites for hydroxylation is 1. The lowest BCUT2D eigenvalue weighted by molar-refractivity contribution is -0.146. The number of benzene rings is 1. The van der Waals surface area contributed by atoms with E-state index in [1.54, 1.807) is 6.92 Å². The van der Waals surface area contributed by atoms with Crippen molar-refractivity contribution in [1.82, 2.24) is 19.8 Å². The minimum Gasteiger partial charge on any atom is -0.493 e. The third-order valence-corrected chi connectivity index (χ3v) is 6.03. The summed E-state index contributed by atoms with van der Waals surface area (Å²) in [4.78, 5) is 2.01. The largest absolute Gasteiger partial charge is 0.493 e. The van der Waals surface area contributed by atoms with Crippen molar-refractivity contribution in [3.05, 3.63) is 40.7 Å². The summed E-state index contributed by atoms with van der Waals surface area (Å²) in [5.41, 5.74) is 2.78. The Hall–Kier alpha value is -3.04. The van der Waals surface area contributed by atoms with Gasteiger partial charge in [0.15, 0.2) is 11.5 Å². The van der Waals surface area contributed by atoms with Gasteiger partial charge in [0.25, 0.3) is 5.82 Å². The standard InChI is InChI=1S/C21H22F3N5O2/c1-12-13(2)19(27-29-18(12)25-26-20(29)21(22,23)24)28-8-5-15(6-9-28)31-16-4-3-14-7-10-30-17(14)11-16/h3-4,11,15H,5-10H2,1-2H3. The first-order valence-corrected chi connectivity index (χ1v) is 10.3. The molecule has 0 bridgehead atoms. The van der Waals surface area contributed by atoms with Gasteiger partial charge in [-0.15, -0.1) is 15.3 Å². The Labute approximate surface area is 176 Å². The SMILES string of the molecule is Cc1c(N2CCC(Oc3ccc4c(c3)OCC4)CC2)nn2c(C(F)(F)F)nnc2c1C. The highest BCUT2D eigenvalue weighted by Gasteiger charge is 2.38. The summed E-state index contributed by atoms with van der Waals surface area (Å²) in [5.74, 6) is 1.08. The Bertz CT molecular complexity index is 1140. The molecule has 31 heavy (non-hydrogen) atoms. The third kappa shape index (κ3) is 3.53. The van der Waals surface area contributed by atoms with Gasteiger partial charge in [0.2, 0.25) is 0 Å². The quantitative estimate of drug-likeness (QED) is 0.627. The van der Waals surface area contributed by atoms with Crippen LogP contribution in [0.3, 0.4) is 0 Å². The lowest BCUT2D eigenvalue weighted by Crippen LogP contribution is -2.39. The highest BCUT2D eigenvalue weighted by atomic mass is 19.4. The molecule has 2 aromatic heterocycles. The van der Waals surface area contributed by atoms with Crippen LogP contribution in [0.15, 0.2) is 18.2 Å². The number of fused-ring (bicyclic) bond motifs is 2. The van der Waals surface area contributed by atoms with Crippen LogP contribution in [-0.4, -0.2) is 45.6 Å². The van der Waals surface area contributed by atoms with Gasteiger partial charge < -0.3 is 14.4 Å². The van der Waals surface area contributed by atoms with E-state index in [1.165, 1.54) is 5.56 Å². The molecule has 1 saturated heterocycles. The van der Waals surface area contributed by atoms with Crippen molar-refractivity contribution in [3.63, 3.8) is 0 Å². The first-order valence-electron chi connectivity index (χ1n) is 10.3. The van der Waals surface area contributed by atoms with Crippen molar-refractivity contribution in [2.45, 2.75) is 45.4 Å². The summed E-state index contributed by atoms with van der Waals surface area (Å²) in [6.45, 7) is 5.57. The number of alkyl halides is 3. The molecule has 0 unspecified atom stereocenters. The molecule has 2 aliphatic rings. The molecule has 0 saturated carbocycles. The second kappa shape index (κ2) is 7.28. The molecule has 3 aromatic rings. The smallest absolute Gasteiger partial charge is 0.453 e. The first-order chi connectivity index (χ1) is 14.8. The molecule has 0 spiro atoms. The van der Waals surface area contributed by atoms with E-state index in [9.17, 15) is 13.2 Å². The Morgan fingerprint density at radius 3 is 2.61 bits per heavy atom. The number of aromatic nitrogens is 4. The van der Waals surface area contributed by atoms with Gasteiger partial charge in [-0.25, -0.2) is 0 Å². The van der Waals surface area contributed by atoms with E-state index in [4.69, 9.17) is 9.47 Å². The van der Waals surface area contributed by atoms with Crippen LogP contribution in [0, 0.1) is 13.8 Å². The Balaban J connectivity index is 1.34. The van der Waals surface area contributed by atoms with Crippen molar-refractivity contribution in [3.8, 4) is 11.5 Å². The van der Waals surface area contributed by atoms with Gasteiger partial charge in [0, 0.05) is 49.5 Å². The number of hydrogen-bond donors (Lipinski definition) is 0. The fraction of sp³-hybridized carbons (Fsp3) is 0.476. The van der Waals surface area contributed by atoms with E-state index in [0.717, 1.165) is 40.8 Å². The Morgan fingerprint density at radius 1 is 1.10 bits per heavy atom. The fourth-order valence-electron chi connectivity index (χ4n) is 4.19. The second-order valence-corrected chi connectivity index (χ2v) is 8.00. The molecule has 10 heteroatoms. The van der Waals surface area contributed by atoms with Crippen LogP contribution in [-0.2, 0) is 12.6 Å². The average Bonchev–Trinajstić information content (AvgIpc) is 3.37. The number of halogens is 3. The van der Waals surface area contributed by atoms with E-state index in [1.807, 2.05) is 30.0 Å². The third-order valence-electron chi connectivity index (χ3n) is 6.03. The van der Waals surface area contributed by atoms with Crippen molar-refractivity contribution in [2.75, 3.05) is 24.6 Å². The molecule has 1 fully saturated rings. The highest BCUT2D eigenvalue weighted by Crippen LogP contribution is 2.33. The molecule has 0 atom stereocenters. The van der Waals surface area contributed by atoms with Gasteiger partial charge in [-0.2, -0.15) is 17.7 Å². The monoisotopic (exact) mass is 433 g/mol. The topological polar surface area (TPSA) is 64.8 Å². The van der Waals surface area contributed by atoms with Crippen molar-refractivity contribution >= 4 is 11.5 Å². The molecule has 7 nitrogen and oxygen atoms in total. The number of rotatable bonds is 3. The van der Waals surface area contributed by atoms with Crippen LogP contribution in [0.25, 0.3) is 5.65 Å². The van der Waals surface area contributed by atoms with Crippen LogP contribution < -0.4 is 14.4 Å². The summed E-state index contributed by atoms with van der Waals surface area (Å²) >= 11 is 0. The maximum Gasteiger partial charge on any atom is 0.453 e. The van der Waals surface area contributed by atoms with Gasteiger partial charge in [-0.3, -0.25) is 0 Å². The molecule has 5 rings (SSSR count). The van der Waals surface area contributed by atoms with Gasteiger partial charge in [0.1, 0.15) is 17.6 Å². The van der Waals surface area contributed by atoms with Gasteiger partial charge in [-0.1, -0.05) is 6.07 Å². The van der Waals surface area contributed by atoms with E-state index < -0.39 is 12.0 Å². The highest BCUT2D eigenvalue weighted by molar-refractivity contribution is 5.59. The molecule has 2 aliphatic heterocycles. The molecule has 1 aromatic carbocycles. The van der Waals surface area contributed by atoms with E-state index in [2.05, 4.69) is 15.3 Å². The first kappa shape index (κ1) is 19.9. The molecule has 0 radical (unpaired) electrons. The maximum absolute atomic E-state index is 13.3. The predicted octanol–water partition coefficient (Wildman–Crippen LogP) is 3.74. The molecular weight excluding hydrogens is 411 g/mol. The van der Waals surface area contributed by atoms with Gasteiger partial charge in [0.05, 0.1) is 6.61 Å². The number of hydrogen-bond acceptors (Lipinski definition) is 6. The number of piperidine rings is 1. The average molecular weight is 433 g/mol. The molecule has 164 valence electrons. The van der Waals surface area contributed by atoms with Crippen molar-refractivity contribution in [2.24, 2.45) is 0 Å². The van der Waals surface area contributed by atoms with Crippen molar-refractivity contribution < 1.29 is 22.6 Å². The lowest BCUT2D eigenvalue weighted by Gasteiger charge is -2.34. The zero-order valence-corrected chi connectivity index (χ0v) is 17.2. The number of nitrogens with zero attached hydrogens (tertiary/aromatic N) is 5. The predicted molar refractivity (Wildman–Crippen MR) is 107 cm³/mol. The number of ether oxygens (including phenoxy) is 2.